The molecule has 0 spiro atoms. The van der Waals surface area contributed by atoms with Crippen molar-refractivity contribution in [1.29, 1.82) is 0 Å². The molecule has 33 heavy (non-hydrogen) atoms. The van der Waals surface area contributed by atoms with Crippen molar-refractivity contribution in [3.63, 3.8) is 0 Å². The van der Waals surface area contributed by atoms with Crippen LogP contribution in [-0.2, 0) is 14.8 Å². The first-order valence-corrected chi connectivity index (χ1v) is 12.8. The summed E-state index contributed by atoms with van der Waals surface area (Å²) < 4.78 is 59.8. The Balaban J connectivity index is 1.22. The fourth-order valence-corrected chi connectivity index (χ4v) is 6.51. The topological polar surface area (TPSA) is 105 Å². The number of piperidine rings is 1. The van der Waals surface area contributed by atoms with Crippen molar-refractivity contribution in [3.05, 3.63) is 47.2 Å². The number of sulfonamides is 1. The van der Waals surface area contributed by atoms with E-state index in [0.717, 1.165) is 36.3 Å². The van der Waals surface area contributed by atoms with Gasteiger partial charge in [-0.15, -0.1) is 11.3 Å². The lowest BCUT2D eigenvalue weighted by Crippen LogP contribution is -2.41. The Bertz CT molecular complexity index is 1300. The fourth-order valence-electron chi connectivity index (χ4n) is 3.73. The van der Waals surface area contributed by atoms with Gasteiger partial charge in [-0.05, 0) is 43.9 Å². The van der Waals surface area contributed by atoms with E-state index in [-0.39, 0.29) is 23.0 Å². The van der Waals surface area contributed by atoms with Gasteiger partial charge < -0.3 is 9.84 Å². The van der Waals surface area contributed by atoms with Crippen molar-refractivity contribution in [1.82, 2.24) is 14.4 Å². The highest BCUT2D eigenvalue weighted by atomic mass is 32.2. The predicted octanol–water partition coefficient (Wildman–Crippen LogP) is 3.99. The summed E-state index contributed by atoms with van der Waals surface area (Å²) >= 11 is 1.09. The van der Waals surface area contributed by atoms with Gasteiger partial charge in [0.15, 0.2) is 0 Å². The molecule has 1 amide bonds. The van der Waals surface area contributed by atoms with Crippen molar-refractivity contribution < 1.29 is 26.5 Å². The van der Waals surface area contributed by atoms with Gasteiger partial charge in [0.1, 0.15) is 15.8 Å². The standard InChI is InChI=1S/C21H20F2N4O4S2/c22-15-3-4-17(16(23)10-15)24-20(28)12-5-7-27(8-6-12)33(29,30)18-9-14(11-32-18)19-25-21(31-26-19)13-1-2-13/h3-4,9-13H,1-2,5-8H2,(H,24,28). The van der Waals surface area contributed by atoms with Crippen LogP contribution in [-0.4, -0.2) is 41.9 Å². The quantitative estimate of drug-likeness (QED) is 0.556. The Morgan fingerprint density at radius 2 is 1.91 bits per heavy atom. The maximum absolute atomic E-state index is 13.8. The number of nitrogens with zero attached hydrogens (tertiary/aromatic N) is 3. The van der Waals surface area contributed by atoms with Crippen molar-refractivity contribution in [2.45, 2.75) is 35.8 Å². The molecule has 3 aromatic rings. The van der Waals surface area contributed by atoms with Crippen LogP contribution < -0.4 is 5.32 Å². The first-order valence-electron chi connectivity index (χ1n) is 10.5. The zero-order chi connectivity index (χ0) is 23.2. The Morgan fingerprint density at radius 1 is 1.15 bits per heavy atom. The van der Waals surface area contributed by atoms with Crippen LogP contribution >= 0.6 is 11.3 Å². The number of rotatable bonds is 6. The molecule has 1 saturated carbocycles. The minimum absolute atomic E-state index is 0.103. The van der Waals surface area contributed by atoms with E-state index in [4.69, 9.17) is 4.52 Å². The second kappa shape index (κ2) is 8.58. The van der Waals surface area contributed by atoms with Crippen molar-refractivity contribution >= 4 is 33.0 Å². The summed E-state index contributed by atoms with van der Waals surface area (Å²) in [6.45, 7) is 0.321. The third-order valence-corrected chi connectivity index (χ3v) is 9.12. The molecule has 174 valence electrons. The number of thiophene rings is 1. The van der Waals surface area contributed by atoms with E-state index >= 15 is 0 Å². The molecule has 8 nitrogen and oxygen atoms in total. The Kier molecular flexibility index (Phi) is 5.75. The average Bonchev–Trinajstić information content (AvgIpc) is 3.31. The van der Waals surface area contributed by atoms with E-state index in [0.29, 0.717) is 42.1 Å². The Morgan fingerprint density at radius 3 is 2.61 bits per heavy atom. The highest BCUT2D eigenvalue weighted by Gasteiger charge is 2.34. The number of nitrogens with one attached hydrogen (secondary N) is 1. The molecule has 5 rings (SSSR count). The van der Waals surface area contributed by atoms with Gasteiger partial charge in [0, 0.05) is 41.9 Å². The van der Waals surface area contributed by atoms with Gasteiger partial charge >= 0.3 is 0 Å². The molecule has 2 fully saturated rings. The van der Waals surface area contributed by atoms with Gasteiger partial charge in [-0.3, -0.25) is 4.79 Å². The third-order valence-electron chi connectivity index (χ3n) is 5.81. The molecule has 1 saturated heterocycles. The normalized spacial score (nSPS) is 17.9. The van der Waals surface area contributed by atoms with Gasteiger partial charge in [-0.1, -0.05) is 5.16 Å². The van der Waals surface area contributed by atoms with Crippen LogP contribution in [0.25, 0.3) is 11.4 Å². The molecule has 0 atom stereocenters. The molecule has 1 aromatic carbocycles. The summed E-state index contributed by atoms with van der Waals surface area (Å²) in [7, 11) is -3.73. The van der Waals surface area contributed by atoms with Crippen LogP contribution in [0.15, 0.2) is 38.4 Å². The highest BCUT2D eigenvalue weighted by molar-refractivity contribution is 7.91. The molecular weight excluding hydrogens is 474 g/mol. The fraction of sp³-hybridized carbons (Fsp3) is 0.381. The Hall–Kier alpha value is -2.70. The molecule has 0 radical (unpaired) electrons. The van der Waals surface area contributed by atoms with E-state index in [1.807, 2.05) is 0 Å². The number of amides is 1. The number of carbonyl (C=O) groups is 1. The second-order valence-corrected chi connectivity index (χ2v) is 11.3. The van der Waals surface area contributed by atoms with Gasteiger partial charge in [0.05, 0.1) is 5.69 Å². The summed E-state index contributed by atoms with van der Waals surface area (Å²) in [6.07, 6.45) is 2.64. The number of hydrogen-bond acceptors (Lipinski definition) is 7. The number of carbonyl (C=O) groups excluding carboxylic acids is 1. The lowest BCUT2D eigenvalue weighted by Gasteiger charge is -2.30. The molecule has 0 bridgehead atoms. The molecule has 2 aliphatic rings. The second-order valence-electron chi connectivity index (χ2n) is 8.18. The minimum Gasteiger partial charge on any atom is -0.339 e. The SMILES string of the molecule is O=C(Nc1ccc(F)cc1F)C1CCN(S(=O)(=O)c2cc(-c3noc(C4CC4)n3)cs2)CC1. The summed E-state index contributed by atoms with van der Waals surface area (Å²) in [6, 6.07) is 4.46. The lowest BCUT2D eigenvalue weighted by molar-refractivity contribution is -0.120. The maximum Gasteiger partial charge on any atom is 0.252 e. The molecule has 12 heteroatoms. The maximum atomic E-state index is 13.8. The minimum atomic E-state index is -3.73. The van der Waals surface area contributed by atoms with E-state index in [1.165, 1.54) is 10.4 Å². The van der Waals surface area contributed by atoms with Crippen molar-refractivity contribution in [2.75, 3.05) is 18.4 Å². The number of benzene rings is 1. The zero-order valence-electron chi connectivity index (χ0n) is 17.3. The van der Waals surface area contributed by atoms with Gasteiger partial charge in [-0.2, -0.15) is 9.29 Å². The number of aromatic nitrogens is 2. The van der Waals surface area contributed by atoms with Crippen LogP contribution in [0, 0.1) is 17.6 Å². The van der Waals surface area contributed by atoms with E-state index < -0.39 is 33.5 Å². The molecule has 1 aliphatic heterocycles. The summed E-state index contributed by atoms with van der Waals surface area (Å²) in [5, 5.41) is 8.10. The van der Waals surface area contributed by atoms with Crippen molar-refractivity contribution in [3.8, 4) is 11.4 Å². The summed E-state index contributed by atoms with van der Waals surface area (Å²) in [4.78, 5) is 16.8. The first kappa shape index (κ1) is 22.1. The van der Waals surface area contributed by atoms with Crippen LogP contribution in [0.3, 0.4) is 0 Å². The van der Waals surface area contributed by atoms with Crippen LogP contribution in [0.5, 0.6) is 0 Å². The summed E-state index contributed by atoms with van der Waals surface area (Å²) in [5.41, 5.74) is 0.485. The van der Waals surface area contributed by atoms with Crippen LogP contribution in [0.2, 0.25) is 0 Å². The van der Waals surface area contributed by atoms with E-state index in [9.17, 15) is 22.0 Å². The van der Waals surface area contributed by atoms with Gasteiger partial charge in [0.25, 0.3) is 10.0 Å². The predicted molar refractivity (Wildman–Crippen MR) is 116 cm³/mol. The van der Waals surface area contributed by atoms with Crippen LogP contribution in [0.4, 0.5) is 14.5 Å². The molecule has 1 N–H and O–H groups in total. The summed E-state index contributed by atoms with van der Waals surface area (Å²) in [5.74, 6) is -1.21. The third kappa shape index (κ3) is 4.55. The number of halogens is 2. The number of anilines is 1. The zero-order valence-corrected chi connectivity index (χ0v) is 19.0. The lowest BCUT2D eigenvalue weighted by atomic mass is 9.97. The highest BCUT2D eigenvalue weighted by Crippen LogP contribution is 2.40. The molecule has 1 aliphatic carbocycles. The smallest absolute Gasteiger partial charge is 0.252 e. The first-order chi connectivity index (χ1) is 15.8. The molecular formula is C21H20F2N4O4S2. The average molecular weight is 495 g/mol. The Labute approximate surface area is 192 Å². The van der Waals surface area contributed by atoms with Gasteiger partial charge in [0.2, 0.25) is 17.6 Å². The van der Waals surface area contributed by atoms with Crippen LogP contribution in [0.1, 0.15) is 37.5 Å². The molecule has 3 heterocycles. The van der Waals surface area contributed by atoms with E-state index in [1.54, 1.807) is 5.38 Å². The van der Waals surface area contributed by atoms with E-state index in [2.05, 4.69) is 15.5 Å². The number of hydrogen-bond donors (Lipinski definition) is 1. The van der Waals surface area contributed by atoms with Crippen molar-refractivity contribution in [2.24, 2.45) is 5.92 Å². The van der Waals surface area contributed by atoms with Gasteiger partial charge in [-0.25, -0.2) is 17.2 Å². The molecule has 0 unspecified atom stereocenters. The largest absolute Gasteiger partial charge is 0.339 e. The monoisotopic (exact) mass is 494 g/mol. The molecule has 2 aromatic heterocycles.